The summed E-state index contributed by atoms with van der Waals surface area (Å²) in [6.45, 7) is -1.72. The summed E-state index contributed by atoms with van der Waals surface area (Å²) in [5.41, 5.74) is -0.628. The highest BCUT2D eigenvalue weighted by molar-refractivity contribution is 5.21. The van der Waals surface area contributed by atoms with Gasteiger partial charge < -0.3 is 0 Å². The largest absolute Gasteiger partial charge is 0.408 e. The maximum atomic E-state index is 12.7. The smallest absolute Gasteiger partial charge is 0.258 e. The highest BCUT2D eigenvalue weighted by atomic mass is 19.4. The highest BCUT2D eigenvalue weighted by Gasteiger charge is 2.39. The first kappa shape index (κ1) is 17.6. The Balaban J connectivity index is 2.43. The Labute approximate surface area is 128 Å². The summed E-state index contributed by atoms with van der Waals surface area (Å²) in [4.78, 5) is 9.69. The van der Waals surface area contributed by atoms with E-state index in [1.165, 1.54) is 0 Å². The van der Waals surface area contributed by atoms with E-state index in [1.54, 1.807) is 0 Å². The molecule has 0 aromatic carbocycles. The minimum Gasteiger partial charge on any atom is -0.258 e. The normalized spacial score (nSPS) is 13.9. The second-order valence-corrected chi connectivity index (χ2v) is 4.58. The van der Waals surface area contributed by atoms with Crippen molar-refractivity contribution in [2.45, 2.75) is 31.4 Å². The van der Waals surface area contributed by atoms with Gasteiger partial charge in [0.15, 0.2) is 5.82 Å². The van der Waals surface area contributed by atoms with Gasteiger partial charge in [-0.2, -0.15) is 31.4 Å². The van der Waals surface area contributed by atoms with Crippen molar-refractivity contribution in [3.8, 4) is 0 Å². The van der Waals surface area contributed by atoms with Crippen LogP contribution in [-0.4, -0.2) is 47.3 Å². The minimum atomic E-state index is -4.81. The third-order valence-corrected chi connectivity index (χ3v) is 2.73. The first-order chi connectivity index (χ1) is 11.0. The second-order valence-electron chi connectivity index (χ2n) is 4.58. The van der Waals surface area contributed by atoms with Gasteiger partial charge in [-0.15, -0.1) is 5.10 Å². The number of hydrogen-bond acceptors (Lipinski definition) is 6. The molecule has 0 aliphatic carbocycles. The van der Waals surface area contributed by atoms with Gasteiger partial charge in [-0.25, -0.2) is 4.68 Å². The molecule has 9 nitrogen and oxygen atoms in total. The molecule has 0 bridgehead atoms. The number of tetrazole rings is 1. The van der Waals surface area contributed by atoms with Gasteiger partial charge in [-0.1, -0.05) is 0 Å². The van der Waals surface area contributed by atoms with Crippen LogP contribution in [0.25, 0.3) is 0 Å². The van der Waals surface area contributed by atoms with E-state index in [0.29, 0.717) is 17.1 Å². The Bertz CT molecular complexity index is 721. The van der Waals surface area contributed by atoms with E-state index in [9.17, 15) is 36.5 Å². The number of nitrogens with zero attached hydrogens (tertiary/aromatic N) is 7. The van der Waals surface area contributed by atoms with Gasteiger partial charge in [0.1, 0.15) is 25.0 Å². The summed E-state index contributed by atoms with van der Waals surface area (Å²) in [7, 11) is 0. The molecule has 0 aliphatic heterocycles. The lowest BCUT2D eigenvalue weighted by Gasteiger charge is -2.18. The van der Waals surface area contributed by atoms with E-state index in [0.717, 1.165) is 0 Å². The van der Waals surface area contributed by atoms with Crippen LogP contribution in [0.15, 0.2) is 12.4 Å². The SMILES string of the molecule is O=[N+]([O-])c1cnn(C(CC(F)(F)F)c2nnnn2CC(F)(F)F)c1. The molecule has 2 rings (SSSR count). The fourth-order valence-corrected chi connectivity index (χ4v) is 1.85. The summed E-state index contributed by atoms with van der Waals surface area (Å²) in [6, 6.07) is -1.89. The van der Waals surface area contributed by atoms with Gasteiger partial charge in [0.2, 0.25) is 0 Å². The molecular weight excluding hydrogens is 352 g/mol. The van der Waals surface area contributed by atoms with Gasteiger partial charge in [0, 0.05) is 0 Å². The Morgan fingerprint density at radius 2 is 1.88 bits per heavy atom. The van der Waals surface area contributed by atoms with Gasteiger partial charge in [-0.3, -0.25) is 14.8 Å². The predicted molar refractivity (Wildman–Crippen MR) is 61.6 cm³/mol. The molecule has 0 N–H and O–H groups in total. The van der Waals surface area contributed by atoms with Crippen LogP contribution in [0.3, 0.4) is 0 Å². The molecule has 2 aromatic heterocycles. The standard InChI is InChI=1S/C9H7F6N7O2/c10-8(11,12)1-6(20-3-5(2-16-20)22(23)24)7-17-18-19-21(7)4-9(13,14)15/h2-3,6H,1,4H2. The van der Waals surface area contributed by atoms with Crippen molar-refractivity contribution in [2.24, 2.45) is 0 Å². The topological polar surface area (TPSA) is 105 Å². The average Bonchev–Trinajstić information content (AvgIpc) is 3.01. The van der Waals surface area contributed by atoms with Crippen molar-refractivity contribution >= 4 is 5.69 Å². The van der Waals surface area contributed by atoms with Crippen molar-refractivity contribution in [2.75, 3.05) is 0 Å². The van der Waals surface area contributed by atoms with Crippen LogP contribution in [0.1, 0.15) is 18.3 Å². The summed E-state index contributed by atoms with van der Waals surface area (Å²) in [5, 5.41) is 23.1. The van der Waals surface area contributed by atoms with Gasteiger partial charge in [0.05, 0.1) is 11.3 Å². The molecule has 1 unspecified atom stereocenters. The van der Waals surface area contributed by atoms with E-state index in [4.69, 9.17) is 0 Å². The first-order valence-corrected chi connectivity index (χ1v) is 6.04. The maximum absolute atomic E-state index is 12.7. The maximum Gasteiger partial charge on any atom is 0.408 e. The van der Waals surface area contributed by atoms with E-state index < -0.39 is 47.8 Å². The lowest BCUT2D eigenvalue weighted by atomic mass is 10.2. The van der Waals surface area contributed by atoms with Crippen molar-refractivity contribution in [3.05, 3.63) is 28.3 Å². The zero-order valence-electron chi connectivity index (χ0n) is 11.4. The molecule has 0 fully saturated rings. The fourth-order valence-electron chi connectivity index (χ4n) is 1.85. The number of alkyl halides is 6. The molecule has 24 heavy (non-hydrogen) atoms. The lowest BCUT2D eigenvalue weighted by Crippen LogP contribution is -2.27. The average molecular weight is 359 g/mol. The highest BCUT2D eigenvalue weighted by Crippen LogP contribution is 2.32. The number of halogens is 6. The third kappa shape index (κ3) is 4.39. The Morgan fingerprint density at radius 3 is 2.38 bits per heavy atom. The molecule has 15 heteroatoms. The predicted octanol–water partition coefficient (Wildman–Crippen LogP) is 1.88. The molecular formula is C9H7F6N7O2. The second kappa shape index (κ2) is 6.04. The first-order valence-electron chi connectivity index (χ1n) is 6.04. The summed E-state index contributed by atoms with van der Waals surface area (Å²) in [6.07, 6.45) is -9.92. The van der Waals surface area contributed by atoms with Gasteiger partial charge in [0.25, 0.3) is 0 Å². The molecule has 132 valence electrons. The molecule has 2 aromatic rings. The van der Waals surface area contributed by atoms with Crippen molar-refractivity contribution in [1.82, 2.24) is 30.0 Å². The van der Waals surface area contributed by atoms with Gasteiger partial charge >= 0.3 is 18.0 Å². The van der Waals surface area contributed by atoms with Crippen LogP contribution in [-0.2, 0) is 6.54 Å². The number of nitro groups is 1. The number of aromatic nitrogens is 6. The van der Waals surface area contributed by atoms with Crippen molar-refractivity contribution in [1.29, 1.82) is 0 Å². The Kier molecular flexibility index (Phi) is 4.44. The monoisotopic (exact) mass is 359 g/mol. The van der Waals surface area contributed by atoms with Crippen LogP contribution in [0.4, 0.5) is 32.0 Å². The zero-order valence-corrected chi connectivity index (χ0v) is 11.4. The Morgan fingerprint density at radius 1 is 1.21 bits per heavy atom. The zero-order chi connectivity index (χ0) is 18.1. The molecule has 0 aliphatic rings. The fraction of sp³-hybridized carbons (Fsp3) is 0.556. The summed E-state index contributed by atoms with van der Waals surface area (Å²) < 4.78 is 76.3. The lowest BCUT2D eigenvalue weighted by molar-refractivity contribution is -0.385. The van der Waals surface area contributed by atoms with E-state index >= 15 is 0 Å². The number of rotatable bonds is 5. The van der Waals surface area contributed by atoms with Crippen molar-refractivity contribution in [3.63, 3.8) is 0 Å². The summed E-state index contributed by atoms with van der Waals surface area (Å²) in [5.74, 6) is -0.775. The molecule has 0 amide bonds. The molecule has 0 saturated heterocycles. The van der Waals surface area contributed by atoms with Crippen LogP contribution >= 0.6 is 0 Å². The third-order valence-electron chi connectivity index (χ3n) is 2.73. The van der Waals surface area contributed by atoms with Gasteiger partial charge in [-0.05, 0) is 10.4 Å². The van der Waals surface area contributed by atoms with Crippen LogP contribution in [0.5, 0.6) is 0 Å². The van der Waals surface area contributed by atoms with E-state index in [1.807, 2.05) is 0 Å². The Hall–Kier alpha value is -2.74. The number of hydrogen-bond donors (Lipinski definition) is 0. The quantitative estimate of drug-likeness (QED) is 0.459. The molecule has 0 spiro atoms. The molecule has 1 atom stereocenters. The van der Waals surface area contributed by atoms with Crippen LogP contribution in [0, 0.1) is 10.1 Å². The van der Waals surface area contributed by atoms with Crippen LogP contribution < -0.4 is 0 Å². The van der Waals surface area contributed by atoms with E-state index in [2.05, 4.69) is 20.6 Å². The molecule has 2 heterocycles. The molecule has 0 saturated carbocycles. The molecule has 0 radical (unpaired) electrons. The minimum absolute atomic E-state index is 0.143. The van der Waals surface area contributed by atoms with E-state index in [-0.39, 0.29) is 4.68 Å². The summed E-state index contributed by atoms with van der Waals surface area (Å²) >= 11 is 0. The van der Waals surface area contributed by atoms with Crippen LogP contribution in [0.2, 0.25) is 0 Å². The van der Waals surface area contributed by atoms with Crippen molar-refractivity contribution < 1.29 is 31.3 Å².